The van der Waals surface area contributed by atoms with Gasteiger partial charge in [-0.1, -0.05) is 39.5 Å². The Morgan fingerprint density at radius 2 is 1.07 bits per heavy atom. The van der Waals surface area contributed by atoms with Crippen molar-refractivity contribution >= 4 is 23.2 Å². The highest BCUT2D eigenvalue weighted by molar-refractivity contribution is 5.87. The molecule has 2 saturated carbocycles. The van der Waals surface area contributed by atoms with E-state index in [-0.39, 0.29) is 11.8 Å². The molecule has 2 aliphatic carbocycles. The van der Waals surface area contributed by atoms with Gasteiger partial charge in [-0.25, -0.2) is 10.9 Å². The summed E-state index contributed by atoms with van der Waals surface area (Å²) in [5, 5.41) is 8.62. The lowest BCUT2D eigenvalue weighted by Crippen LogP contribution is -2.22. The first kappa shape index (κ1) is 24.5. The molecule has 2 amide bonds. The van der Waals surface area contributed by atoms with Gasteiger partial charge in [-0.2, -0.15) is 10.2 Å². The van der Waals surface area contributed by atoms with Crippen LogP contribution in [-0.2, 0) is 9.59 Å². The highest BCUT2D eigenvalue weighted by atomic mass is 16.2. The summed E-state index contributed by atoms with van der Waals surface area (Å²) in [6.45, 7) is 4.49. The number of hydrogen-bond donors (Lipinski definition) is 2. The molecule has 0 aromatic carbocycles. The Labute approximate surface area is 182 Å². The Balaban J connectivity index is 1.45. The molecule has 170 valence electrons. The van der Waals surface area contributed by atoms with Crippen LogP contribution in [0.3, 0.4) is 0 Å². The molecule has 2 fully saturated rings. The molecule has 0 unspecified atom stereocenters. The molecule has 0 atom stereocenters. The third kappa shape index (κ3) is 9.86. The molecular weight excluding hydrogens is 376 g/mol. The lowest BCUT2D eigenvalue weighted by molar-refractivity contribution is -0.122. The van der Waals surface area contributed by atoms with Crippen LogP contribution in [-0.4, -0.2) is 23.2 Å². The molecule has 0 heterocycles. The summed E-state index contributed by atoms with van der Waals surface area (Å²) in [5.74, 6) is 1.67. The van der Waals surface area contributed by atoms with Crippen molar-refractivity contribution in [1.29, 1.82) is 0 Å². The van der Waals surface area contributed by atoms with Gasteiger partial charge in [-0.05, 0) is 76.0 Å². The predicted octanol–water partition coefficient (Wildman–Crippen LogP) is 5.47. The lowest BCUT2D eigenvalue weighted by atomic mass is 9.86. The van der Waals surface area contributed by atoms with Crippen molar-refractivity contribution in [2.45, 2.75) is 117 Å². The number of carbonyl (C=O) groups is 2. The molecule has 30 heavy (non-hydrogen) atoms. The Morgan fingerprint density at radius 1 is 0.700 bits per heavy atom. The number of rotatable bonds is 11. The number of hydrogen-bond acceptors (Lipinski definition) is 4. The number of unbranched alkanes of at least 4 members (excludes halogenated alkanes) is 3. The van der Waals surface area contributed by atoms with Gasteiger partial charge in [0.1, 0.15) is 0 Å². The van der Waals surface area contributed by atoms with E-state index in [0.717, 1.165) is 74.6 Å². The van der Waals surface area contributed by atoms with Crippen LogP contribution < -0.4 is 10.9 Å². The van der Waals surface area contributed by atoms with Crippen LogP contribution in [0.5, 0.6) is 0 Å². The largest absolute Gasteiger partial charge is 0.273 e. The van der Waals surface area contributed by atoms with Crippen molar-refractivity contribution in [2.75, 3.05) is 0 Å². The maximum Gasteiger partial charge on any atom is 0.240 e. The molecule has 2 rings (SSSR count). The van der Waals surface area contributed by atoms with Gasteiger partial charge in [-0.3, -0.25) is 9.59 Å². The SMILES string of the molecule is CCC1CCC(=NNC(=O)CCCCCCC(=O)NN=C2CCC(CC)CC2)CC1. The van der Waals surface area contributed by atoms with E-state index in [1.165, 1.54) is 38.5 Å². The number of nitrogens with one attached hydrogen (secondary N) is 2. The van der Waals surface area contributed by atoms with Gasteiger partial charge in [0.2, 0.25) is 11.8 Å². The second kappa shape index (κ2) is 14.3. The van der Waals surface area contributed by atoms with Crippen molar-refractivity contribution in [3.8, 4) is 0 Å². The maximum atomic E-state index is 11.9. The predicted molar refractivity (Wildman–Crippen MR) is 123 cm³/mol. The molecule has 0 saturated heterocycles. The normalized spacial score (nSPS) is 21.8. The van der Waals surface area contributed by atoms with Crippen molar-refractivity contribution in [3.05, 3.63) is 0 Å². The number of nitrogens with zero attached hydrogens (tertiary/aromatic N) is 2. The van der Waals surface area contributed by atoms with Crippen molar-refractivity contribution in [1.82, 2.24) is 10.9 Å². The molecular formula is C24H42N4O2. The van der Waals surface area contributed by atoms with Gasteiger partial charge >= 0.3 is 0 Å². The Bertz CT molecular complexity index is 528. The minimum atomic E-state index is 0.00600. The summed E-state index contributed by atoms with van der Waals surface area (Å²) < 4.78 is 0. The average molecular weight is 419 g/mol. The van der Waals surface area contributed by atoms with Crippen LogP contribution >= 0.6 is 0 Å². The highest BCUT2D eigenvalue weighted by Gasteiger charge is 2.17. The molecule has 0 aromatic heterocycles. The maximum absolute atomic E-state index is 11.9. The van der Waals surface area contributed by atoms with E-state index in [2.05, 4.69) is 34.9 Å². The fraction of sp³-hybridized carbons (Fsp3) is 0.833. The van der Waals surface area contributed by atoms with Crippen LogP contribution in [0.1, 0.15) is 117 Å². The summed E-state index contributed by atoms with van der Waals surface area (Å²) in [4.78, 5) is 23.9. The van der Waals surface area contributed by atoms with E-state index in [0.29, 0.717) is 12.8 Å². The molecule has 6 heteroatoms. The third-order valence-electron chi connectivity index (χ3n) is 6.75. The summed E-state index contributed by atoms with van der Waals surface area (Å²) in [6.07, 6.45) is 16.0. The second-order valence-corrected chi connectivity index (χ2v) is 9.04. The summed E-state index contributed by atoms with van der Waals surface area (Å²) in [5.41, 5.74) is 7.72. The lowest BCUT2D eigenvalue weighted by Gasteiger charge is -2.21. The van der Waals surface area contributed by atoms with Crippen LogP contribution in [0.25, 0.3) is 0 Å². The fourth-order valence-electron chi connectivity index (χ4n) is 4.38. The van der Waals surface area contributed by atoms with E-state index in [1.807, 2.05) is 0 Å². The standard InChI is InChI=1S/C24H42N4O2/c1-3-19-11-15-21(16-12-19)25-27-23(29)9-7-5-6-8-10-24(30)28-26-22-17-13-20(4-2)14-18-22/h19-20H,3-18H2,1-2H3,(H,27,29)(H,28,30). The van der Waals surface area contributed by atoms with Gasteiger partial charge in [0, 0.05) is 24.3 Å². The van der Waals surface area contributed by atoms with Gasteiger partial charge in [-0.15, -0.1) is 0 Å². The molecule has 0 bridgehead atoms. The molecule has 0 spiro atoms. The zero-order chi connectivity index (χ0) is 21.6. The van der Waals surface area contributed by atoms with Crippen LogP contribution in [0.4, 0.5) is 0 Å². The molecule has 2 aliphatic rings. The number of hydrazone groups is 2. The topological polar surface area (TPSA) is 82.9 Å². The zero-order valence-electron chi connectivity index (χ0n) is 19.2. The Morgan fingerprint density at radius 3 is 1.40 bits per heavy atom. The Kier molecular flexibility index (Phi) is 11.7. The van der Waals surface area contributed by atoms with E-state index < -0.39 is 0 Å². The first-order chi connectivity index (χ1) is 14.6. The Hall–Kier alpha value is -1.72. The smallest absolute Gasteiger partial charge is 0.240 e. The first-order valence-corrected chi connectivity index (χ1v) is 12.3. The van der Waals surface area contributed by atoms with Crippen LogP contribution in [0.15, 0.2) is 10.2 Å². The summed E-state index contributed by atoms with van der Waals surface area (Å²) in [7, 11) is 0. The van der Waals surface area contributed by atoms with Crippen LogP contribution in [0, 0.1) is 11.8 Å². The van der Waals surface area contributed by atoms with Crippen molar-refractivity contribution < 1.29 is 9.59 Å². The summed E-state index contributed by atoms with van der Waals surface area (Å²) >= 11 is 0. The van der Waals surface area contributed by atoms with E-state index in [4.69, 9.17) is 0 Å². The minimum Gasteiger partial charge on any atom is -0.273 e. The zero-order valence-corrected chi connectivity index (χ0v) is 19.2. The monoisotopic (exact) mass is 418 g/mol. The molecule has 0 radical (unpaired) electrons. The fourth-order valence-corrected chi connectivity index (χ4v) is 4.38. The average Bonchev–Trinajstić information content (AvgIpc) is 2.79. The van der Waals surface area contributed by atoms with Gasteiger partial charge in [0.25, 0.3) is 0 Å². The second-order valence-electron chi connectivity index (χ2n) is 9.04. The van der Waals surface area contributed by atoms with Crippen LogP contribution in [0.2, 0.25) is 0 Å². The molecule has 2 N–H and O–H groups in total. The molecule has 0 aliphatic heterocycles. The number of amides is 2. The van der Waals surface area contributed by atoms with Gasteiger partial charge < -0.3 is 0 Å². The van der Waals surface area contributed by atoms with Gasteiger partial charge in [0.15, 0.2) is 0 Å². The third-order valence-corrected chi connectivity index (χ3v) is 6.75. The van der Waals surface area contributed by atoms with Gasteiger partial charge in [0.05, 0.1) is 0 Å². The quantitative estimate of drug-likeness (QED) is 0.344. The van der Waals surface area contributed by atoms with Crippen molar-refractivity contribution in [3.63, 3.8) is 0 Å². The van der Waals surface area contributed by atoms with Crippen molar-refractivity contribution in [2.24, 2.45) is 22.0 Å². The summed E-state index contributed by atoms with van der Waals surface area (Å²) in [6, 6.07) is 0. The first-order valence-electron chi connectivity index (χ1n) is 12.3. The molecule has 6 nitrogen and oxygen atoms in total. The highest BCUT2D eigenvalue weighted by Crippen LogP contribution is 2.25. The van der Waals surface area contributed by atoms with E-state index in [1.54, 1.807) is 0 Å². The molecule has 0 aromatic rings. The number of carbonyl (C=O) groups excluding carboxylic acids is 2. The van der Waals surface area contributed by atoms with E-state index >= 15 is 0 Å². The minimum absolute atomic E-state index is 0.00600. The van der Waals surface area contributed by atoms with E-state index in [9.17, 15) is 9.59 Å².